The summed E-state index contributed by atoms with van der Waals surface area (Å²) in [7, 11) is 0. The highest BCUT2D eigenvalue weighted by Crippen LogP contribution is 2.20. The Labute approximate surface area is 107 Å². The van der Waals surface area contributed by atoms with Gasteiger partial charge in [0.05, 0.1) is 19.3 Å². The van der Waals surface area contributed by atoms with Crippen LogP contribution in [0.4, 0.5) is 4.79 Å². The molecule has 102 valence electrons. The average molecular weight is 256 g/mol. The van der Waals surface area contributed by atoms with Gasteiger partial charge in [-0.3, -0.25) is 4.79 Å². The van der Waals surface area contributed by atoms with Crippen molar-refractivity contribution in [3.8, 4) is 0 Å². The van der Waals surface area contributed by atoms with Gasteiger partial charge < -0.3 is 20.1 Å². The number of nitrogens with zero attached hydrogens (tertiary/aromatic N) is 1. The molecule has 6 heteroatoms. The van der Waals surface area contributed by atoms with Crippen molar-refractivity contribution in [1.29, 1.82) is 0 Å². The van der Waals surface area contributed by atoms with E-state index in [1.165, 1.54) is 4.90 Å². The molecule has 3 unspecified atom stereocenters. The maximum atomic E-state index is 12.0. The van der Waals surface area contributed by atoms with Crippen LogP contribution in [0.3, 0.4) is 0 Å². The van der Waals surface area contributed by atoms with Gasteiger partial charge in [-0.25, -0.2) is 4.79 Å². The molecule has 1 aliphatic rings. The number of ether oxygens (including phenoxy) is 1. The molecular formula is C12H20N2O4. The second-order valence-corrected chi connectivity index (χ2v) is 4.31. The number of carboxylic acid groups (broad SMARTS) is 1. The topological polar surface area (TPSA) is 78.9 Å². The largest absolute Gasteiger partial charge is 0.481 e. The Balaban J connectivity index is 2.73. The summed E-state index contributed by atoms with van der Waals surface area (Å²) in [5, 5.41) is 11.8. The summed E-state index contributed by atoms with van der Waals surface area (Å²) < 4.78 is 5.17. The van der Waals surface area contributed by atoms with Crippen molar-refractivity contribution >= 4 is 12.0 Å². The normalized spacial score (nSPS) is 24.3. The molecule has 1 fully saturated rings. The van der Waals surface area contributed by atoms with Gasteiger partial charge in [0.1, 0.15) is 5.92 Å². The van der Waals surface area contributed by atoms with Crippen LogP contribution in [0.15, 0.2) is 12.7 Å². The molecule has 0 saturated carbocycles. The highest BCUT2D eigenvalue weighted by Gasteiger charge is 2.39. The third-order valence-electron chi connectivity index (χ3n) is 3.07. The van der Waals surface area contributed by atoms with Crippen molar-refractivity contribution in [2.24, 2.45) is 5.92 Å². The molecule has 1 heterocycles. The predicted molar refractivity (Wildman–Crippen MR) is 66.3 cm³/mol. The fourth-order valence-electron chi connectivity index (χ4n) is 1.95. The van der Waals surface area contributed by atoms with E-state index in [2.05, 4.69) is 11.9 Å². The second-order valence-electron chi connectivity index (χ2n) is 4.31. The smallest absolute Gasteiger partial charge is 0.318 e. The maximum absolute atomic E-state index is 12.0. The van der Waals surface area contributed by atoms with E-state index in [1.807, 2.05) is 6.92 Å². The molecule has 0 radical (unpaired) electrons. The van der Waals surface area contributed by atoms with Crippen LogP contribution in [-0.4, -0.2) is 53.8 Å². The van der Waals surface area contributed by atoms with E-state index >= 15 is 0 Å². The lowest BCUT2D eigenvalue weighted by Crippen LogP contribution is -2.51. The number of nitrogens with one attached hydrogen (secondary N) is 1. The van der Waals surface area contributed by atoms with Gasteiger partial charge in [-0.1, -0.05) is 6.08 Å². The number of amides is 2. The first-order valence-electron chi connectivity index (χ1n) is 6.01. The predicted octanol–water partition coefficient (Wildman–Crippen LogP) is 0.692. The maximum Gasteiger partial charge on any atom is 0.318 e. The van der Waals surface area contributed by atoms with Gasteiger partial charge in [0.2, 0.25) is 0 Å². The summed E-state index contributed by atoms with van der Waals surface area (Å²) in [4.78, 5) is 24.6. The van der Waals surface area contributed by atoms with Crippen molar-refractivity contribution in [1.82, 2.24) is 10.2 Å². The first-order chi connectivity index (χ1) is 8.51. The molecule has 2 N–H and O–H groups in total. The number of hydrogen-bond acceptors (Lipinski definition) is 3. The van der Waals surface area contributed by atoms with Gasteiger partial charge in [-0.15, -0.1) is 6.58 Å². The molecule has 0 aromatic rings. The van der Waals surface area contributed by atoms with Gasteiger partial charge in [0.25, 0.3) is 0 Å². The van der Waals surface area contributed by atoms with Crippen molar-refractivity contribution in [3.63, 3.8) is 0 Å². The number of hydrogen-bond donors (Lipinski definition) is 2. The Kier molecular flexibility index (Phi) is 5.15. The number of rotatable bonds is 5. The lowest BCUT2D eigenvalue weighted by molar-refractivity contribution is -0.142. The van der Waals surface area contributed by atoms with Gasteiger partial charge in [-0.05, 0) is 13.8 Å². The lowest BCUT2D eigenvalue weighted by Gasteiger charge is -2.30. The molecule has 2 amide bonds. The van der Waals surface area contributed by atoms with E-state index in [0.29, 0.717) is 6.54 Å². The summed E-state index contributed by atoms with van der Waals surface area (Å²) in [6.45, 7) is 8.06. The SMILES string of the molecule is C=CC(C)NC(=O)N(CC)C1COCC1C(=O)O. The van der Waals surface area contributed by atoms with Crippen LogP contribution in [0.5, 0.6) is 0 Å². The second kappa shape index (κ2) is 6.39. The Hall–Kier alpha value is -1.56. The summed E-state index contributed by atoms with van der Waals surface area (Å²) in [5.41, 5.74) is 0. The minimum absolute atomic E-state index is 0.154. The first-order valence-corrected chi connectivity index (χ1v) is 6.01. The number of carboxylic acids is 1. The van der Waals surface area contributed by atoms with Crippen LogP contribution >= 0.6 is 0 Å². The Morgan fingerprint density at radius 1 is 1.61 bits per heavy atom. The van der Waals surface area contributed by atoms with Gasteiger partial charge in [0, 0.05) is 12.6 Å². The molecule has 0 aromatic heterocycles. The molecular weight excluding hydrogens is 236 g/mol. The van der Waals surface area contributed by atoms with Crippen LogP contribution in [0, 0.1) is 5.92 Å². The highest BCUT2D eigenvalue weighted by atomic mass is 16.5. The van der Waals surface area contributed by atoms with Gasteiger partial charge in [0.15, 0.2) is 0 Å². The molecule has 1 rings (SSSR count). The molecule has 0 aliphatic carbocycles. The van der Waals surface area contributed by atoms with E-state index in [1.54, 1.807) is 13.0 Å². The van der Waals surface area contributed by atoms with Gasteiger partial charge >= 0.3 is 12.0 Å². The van der Waals surface area contributed by atoms with E-state index in [4.69, 9.17) is 9.84 Å². The van der Waals surface area contributed by atoms with Crippen LogP contribution in [0.2, 0.25) is 0 Å². The minimum atomic E-state index is -0.930. The first kappa shape index (κ1) is 14.5. The summed E-state index contributed by atoms with van der Waals surface area (Å²) in [6, 6.07) is -0.853. The lowest BCUT2D eigenvalue weighted by atomic mass is 10.0. The fourth-order valence-corrected chi connectivity index (χ4v) is 1.95. The molecule has 0 bridgehead atoms. The van der Waals surface area contributed by atoms with Crippen molar-refractivity contribution in [2.45, 2.75) is 25.9 Å². The Morgan fingerprint density at radius 3 is 2.78 bits per heavy atom. The Bertz CT molecular complexity index is 332. The summed E-state index contributed by atoms with van der Waals surface area (Å²) in [6.07, 6.45) is 1.62. The van der Waals surface area contributed by atoms with Crippen molar-refractivity contribution in [3.05, 3.63) is 12.7 Å². The number of carbonyl (C=O) groups excluding carboxylic acids is 1. The number of likely N-dealkylation sites (N-methyl/N-ethyl adjacent to an activating group) is 1. The van der Waals surface area contributed by atoms with Crippen LogP contribution in [-0.2, 0) is 9.53 Å². The molecule has 1 saturated heterocycles. The number of aliphatic carboxylic acids is 1. The molecule has 1 aliphatic heterocycles. The third kappa shape index (κ3) is 3.22. The summed E-state index contributed by atoms with van der Waals surface area (Å²) >= 11 is 0. The van der Waals surface area contributed by atoms with E-state index in [9.17, 15) is 9.59 Å². The monoisotopic (exact) mass is 256 g/mol. The third-order valence-corrected chi connectivity index (χ3v) is 3.07. The number of carbonyl (C=O) groups is 2. The van der Waals surface area contributed by atoms with Crippen molar-refractivity contribution in [2.75, 3.05) is 19.8 Å². The standard InChI is InChI=1S/C12H20N2O4/c1-4-8(3)13-12(17)14(5-2)10-7-18-6-9(10)11(15)16/h4,8-10H,1,5-7H2,2-3H3,(H,13,17)(H,15,16). The minimum Gasteiger partial charge on any atom is -0.481 e. The van der Waals surface area contributed by atoms with Crippen LogP contribution in [0.25, 0.3) is 0 Å². The molecule has 18 heavy (non-hydrogen) atoms. The van der Waals surface area contributed by atoms with Crippen LogP contribution in [0.1, 0.15) is 13.8 Å². The van der Waals surface area contributed by atoms with Crippen molar-refractivity contribution < 1.29 is 19.4 Å². The fraction of sp³-hybridized carbons (Fsp3) is 0.667. The number of urea groups is 1. The summed E-state index contributed by atoms with van der Waals surface area (Å²) in [5.74, 6) is -1.59. The molecule has 0 spiro atoms. The highest BCUT2D eigenvalue weighted by molar-refractivity contribution is 5.77. The van der Waals surface area contributed by atoms with E-state index in [-0.39, 0.29) is 25.3 Å². The zero-order valence-corrected chi connectivity index (χ0v) is 10.8. The zero-order valence-electron chi connectivity index (χ0n) is 10.8. The van der Waals surface area contributed by atoms with Gasteiger partial charge in [-0.2, -0.15) is 0 Å². The van der Waals surface area contributed by atoms with E-state index in [0.717, 1.165) is 0 Å². The molecule has 3 atom stereocenters. The average Bonchev–Trinajstić information content (AvgIpc) is 2.79. The van der Waals surface area contributed by atoms with E-state index < -0.39 is 17.9 Å². The van der Waals surface area contributed by atoms with Crippen LogP contribution < -0.4 is 5.32 Å². The molecule has 0 aromatic carbocycles. The Morgan fingerprint density at radius 2 is 2.28 bits per heavy atom. The zero-order chi connectivity index (χ0) is 13.7. The quantitative estimate of drug-likeness (QED) is 0.709. The molecule has 6 nitrogen and oxygen atoms in total.